The number of alkyl halides is 1. The molecular formula is C11H11ClN2O2. The van der Waals surface area contributed by atoms with E-state index in [0.29, 0.717) is 18.5 Å². The van der Waals surface area contributed by atoms with Crippen molar-refractivity contribution in [2.24, 2.45) is 0 Å². The first-order valence-corrected chi connectivity index (χ1v) is 5.36. The van der Waals surface area contributed by atoms with Gasteiger partial charge in [0.15, 0.2) is 0 Å². The van der Waals surface area contributed by atoms with Crippen LogP contribution in [0.5, 0.6) is 0 Å². The van der Waals surface area contributed by atoms with Crippen LogP contribution in [0.25, 0.3) is 0 Å². The smallest absolute Gasteiger partial charge is 0.331 e. The second-order valence-corrected chi connectivity index (χ2v) is 4.02. The van der Waals surface area contributed by atoms with Crippen LogP contribution >= 0.6 is 11.6 Å². The minimum atomic E-state index is -0.897. The van der Waals surface area contributed by atoms with E-state index >= 15 is 0 Å². The van der Waals surface area contributed by atoms with Crippen molar-refractivity contribution in [3.63, 3.8) is 0 Å². The van der Waals surface area contributed by atoms with Crippen molar-refractivity contribution < 1.29 is 9.90 Å². The third kappa shape index (κ3) is 2.17. The van der Waals surface area contributed by atoms with Crippen molar-refractivity contribution in [1.82, 2.24) is 4.98 Å². The number of pyridine rings is 1. The number of carboxylic acids is 1. The SMILES string of the molecule is O=C(O)C1=CCN(c2ccccn2)C(Cl)C1. The van der Waals surface area contributed by atoms with Crippen LogP contribution in [0, 0.1) is 0 Å². The molecule has 0 fully saturated rings. The second-order valence-electron chi connectivity index (χ2n) is 3.51. The Morgan fingerprint density at radius 1 is 1.56 bits per heavy atom. The van der Waals surface area contributed by atoms with Crippen molar-refractivity contribution in [2.75, 3.05) is 11.4 Å². The largest absolute Gasteiger partial charge is 0.478 e. The van der Waals surface area contributed by atoms with Crippen LogP contribution < -0.4 is 4.90 Å². The van der Waals surface area contributed by atoms with Gasteiger partial charge in [0, 0.05) is 24.7 Å². The Balaban J connectivity index is 2.19. The fourth-order valence-corrected chi connectivity index (χ4v) is 1.98. The van der Waals surface area contributed by atoms with Gasteiger partial charge in [-0.25, -0.2) is 9.78 Å². The molecule has 0 spiro atoms. The first-order valence-electron chi connectivity index (χ1n) is 4.92. The van der Waals surface area contributed by atoms with E-state index < -0.39 is 5.97 Å². The van der Waals surface area contributed by atoms with Gasteiger partial charge in [0.1, 0.15) is 11.3 Å². The van der Waals surface area contributed by atoms with Crippen molar-refractivity contribution in [2.45, 2.75) is 11.9 Å². The minimum absolute atomic E-state index is 0.327. The lowest BCUT2D eigenvalue weighted by Crippen LogP contribution is -2.36. The van der Waals surface area contributed by atoms with Crippen molar-refractivity contribution >= 4 is 23.4 Å². The third-order valence-electron chi connectivity index (χ3n) is 2.48. The predicted molar refractivity (Wildman–Crippen MR) is 61.6 cm³/mol. The zero-order valence-electron chi connectivity index (χ0n) is 8.51. The third-order valence-corrected chi connectivity index (χ3v) is 2.87. The van der Waals surface area contributed by atoms with Crippen LogP contribution in [-0.4, -0.2) is 28.1 Å². The minimum Gasteiger partial charge on any atom is -0.478 e. The Labute approximate surface area is 98.2 Å². The molecule has 0 amide bonds. The average molecular weight is 239 g/mol. The van der Waals surface area contributed by atoms with Gasteiger partial charge in [0.25, 0.3) is 0 Å². The molecule has 1 aromatic heterocycles. The summed E-state index contributed by atoms with van der Waals surface area (Å²) in [6.45, 7) is 0.479. The van der Waals surface area contributed by atoms with Gasteiger partial charge >= 0.3 is 5.97 Å². The van der Waals surface area contributed by atoms with Gasteiger partial charge in [-0.2, -0.15) is 0 Å². The van der Waals surface area contributed by atoms with Gasteiger partial charge in [0.2, 0.25) is 0 Å². The number of hydrogen-bond acceptors (Lipinski definition) is 3. The number of rotatable bonds is 2. The maximum absolute atomic E-state index is 10.8. The van der Waals surface area contributed by atoms with Crippen LogP contribution in [0.1, 0.15) is 6.42 Å². The fraction of sp³-hybridized carbons (Fsp3) is 0.273. The van der Waals surface area contributed by atoms with E-state index in [0.717, 1.165) is 5.82 Å². The molecule has 0 radical (unpaired) electrons. The Bertz CT molecular complexity index is 419. The quantitative estimate of drug-likeness (QED) is 0.631. The van der Waals surface area contributed by atoms with Crippen LogP contribution in [0.15, 0.2) is 36.0 Å². The first kappa shape index (κ1) is 11.0. The topological polar surface area (TPSA) is 53.4 Å². The van der Waals surface area contributed by atoms with Gasteiger partial charge < -0.3 is 10.0 Å². The molecular weight excluding hydrogens is 228 g/mol. The van der Waals surface area contributed by atoms with Gasteiger partial charge in [-0.05, 0) is 12.1 Å². The Morgan fingerprint density at radius 2 is 2.38 bits per heavy atom. The van der Waals surface area contributed by atoms with E-state index in [1.165, 1.54) is 0 Å². The number of nitrogens with zero attached hydrogens (tertiary/aromatic N) is 2. The normalized spacial score (nSPS) is 20.4. The molecule has 2 rings (SSSR count). The summed E-state index contributed by atoms with van der Waals surface area (Å²) in [4.78, 5) is 16.8. The molecule has 0 aromatic carbocycles. The van der Waals surface area contributed by atoms with Crippen LogP contribution in [0.4, 0.5) is 5.82 Å². The summed E-state index contributed by atoms with van der Waals surface area (Å²) in [5.41, 5.74) is 0.0122. The molecule has 1 aromatic rings. The summed E-state index contributed by atoms with van der Waals surface area (Å²) in [5.74, 6) is -0.130. The highest BCUT2D eigenvalue weighted by Crippen LogP contribution is 2.25. The zero-order valence-corrected chi connectivity index (χ0v) is 9.26. The standard InChI is InChI=1S/C11H11ClN2O2/c12-9-7-8(11(15)16)4-6-14(9)10-3-1-2-5-13-10/h1-5,9H,6-7H2,(H,15,16). The van der Waals surface area contributed by atoms with E-state index in [1.54, 1.807) is 12.3 Å². The molecule has 1 atom stereocenters. The number of anilines is 1. The monoisotopic (exact) mass is 238 g/mol. The lowest BCUT2D eigenvalue weighted by molar-refractivity contribution is -0.132. The Hall–Kier alpha value is -1.55. The number of carboxylic acid groups (broad SMARTS) is 1. The summed E-state index contributed by atoms with van der Waals surface area (Å²) in [6.07, 6.45) is 3.69. The number of aliphatic carboxylic acids is 1. The molecule has 0 saturated carbocycles. The van der Waals surface area contributed by atoms with E-state index in [1.807, 2.05) is 23.1 Å². The summed E-state index contributed by atoms with van der Waals surface area (Å²) < 4.78 is 0. The van der Waals surface area contributed by atoms with Crippen molar-refractivity contribution in [3.05, 3.63) is 36.0 Å². The van der Waals surface area contributed by atoms with Crippen LogP contribution in [0.3, 0.4) is 0 Å². The summed E-state index contributed by atoms with van der Waals surface area (Å²) in [7, 11) is 0. The molecule has 0 bridgehead atoms. The molecule has 0 saturated heterocycles. The van der Waals surface area contributed by atoms with Gasteiger partial charge in [-0.3, -0.25) is 0 Å². The van der Waals surface area contributed by atoms with Crippen molar-refractivity contribution in [1.29, 1.82) is 0 Å². The molecule has 1 aliphatic heterocycles. The highest BCUT2D eigenvalue weighted by atomic mass is 35.5. The summed E-state index contributed by atoms with van der Waals surface area (Å²) in [6, 6.07) is 5.56. The molecule has 16 heavy (non-hydrogen) atoms. The number of aromatic nitrogens is 1. The zero-order chi connectivity index (χ0) is 11.5. The van der Waals surface area contributed by atoms with E-state index in [2.05, 4.69) is 4.98 Å². The second kappa shape index (κ2) is 4.53. The van der Waals surface area contributed by atoms with E-state index in [4.69, 9.17) is 16.7 Å². The Morgan fingerprint density at radius 3 is 2.94 bits per heavy atom. The molecule has 4 nitrogen and oxygen atoms in total. The van der Waals surface area contributed by atoms with Gasteiger partial charge in [-0.15, -0.1) is 0 Å². The van der Waals surface area contributed by atoms with E-state index in [-0.39, 0.29) is 5.50 Å². The number of carbonyl (C=O) groups is 1. The molecule has 0 aliphatic carbocycles. The lowest BCUT2D eigenvalue weighted by atomic mass is 10.1. The average Bonchev–Trinajstić information content (AvgIpc) is 2.30. The molecule has 84 valence electrons. The van der Waals surface area contributed by atoms with Gasteiger partial charge in [-0.1, -0.05) is 23.7 Å². The van der Waals surface area contributed by atoms with Gasteiger partial charge in [0.05, 0.1) is 0 Å². The maximum atomic E-state index is 10.8. The molecule has 1 aliphatic rings. The first-order chi connectivity index (χ1) is 7.68. The van der Waals surface area contributed by atoms with E-state index in [9.17, 15) is 4.79 Å². The fourth-order valence-electron chi connectivity index (χ4n) is 1.63. The highest BCUT2D eigenvalue weighted by molar-refractivity contribution is 6.22. The predicted octanol–water partition coefficient (Wildman–Crippen LogP) is 1.87. The number of halogens is 1. The summed E-state index contributed by atoms with van der Waals surface area (Å²) >= 11 is 6.14. The number of hydrogen-bond donors (Lipinski definition) is 1. The van der Waals surface area contributed by atoms with Crippen LogP contribution in [0.2, 0.25) is 0 Å². The maximum Gasteiger partial charge on any atom is 0.331 e. The highest BCUT2D eigenvalue weighted by Gasteiger charge is 2.25. The molecule has 5 heteroatoms. The Kier molecular flexibility index (Phi) is 3.10. The van der Waals surface area contributed by atoms with Crippen LogP contribution in [-0.2, 0) is 4.79 Å². The summed E-state index contributed by atoms with van der Waals surface area (Å²) in [5, 5.41) is 8.85. The lowest BCUT2D eigenvalue weighted by Gasteiger charge is -2.31. The molecule has 1 unspecified atom stereocenters. The van der Waals surface area contributed by atoms with Crippen molar-refractivity contribution in [3.8, 4) is 0 Å². The molecule has 1 N–H and O–H groups in total. The molecule has 2 heterocycles.